The maximum absolute atomic E-state index is 12.6. The molecule has 0 saturated carbocycles. The minimum atomic E-state index is -0.542. The van der Waals surface area contributed by atoms with Gasteiger partial charge < -0.3 is 14.0 Å². The van der Waals surface area contributed by atoms with Crippen LogP contribution in [-0.2, 0) is 11.3 Å². The first-order valence-corrected chi connectivity index (χ1v) is 9.44. The summed E-state index contributed by atoms with van der Waals surface area (Å²) in [4.78, 5) is 27.8. The van der Waals surface area contributed by atoms with Crippen LogP contribution in [0.15, 0.2) is 47.5 Å². The van der Waals surface area contributed by atoms with Gasteiger partial charge in [-0.15, -0.1) is 0 Å². The van der Waals surface area contributed by atoms with E-state index < -0.39 is 10.8 Å². The second kappa shape index (κ2) is 8.77. The third kappa shape index (κ3) is 4.10. The summed E-state index contributed by atoms with van der Waals surface area (Å²) in [6, 6.07) is 11.2. The maximum atomic E-state index is 12.6. The summed E-state index contributed by atoms with van der Waals surface area (Å²) in [5.41, 5.74) is 0.846. The highest BCUT2D eigenvalue weighted by atomic mass is 32.1. The van der Waals surface area contributed by atoms with Crippen LogP contribution in [0.3, 0.4) is 0 Å². The summed E-state index contributed by atoms with van der Waals surface area (Å²) in [7, 11) is 1.59. The zero-order valence-corrected chi connectivity index (χ0v) is 16.3. The second-order valence-corrected chi connectivity index (χ2v) is 6.77. The summed E-state index contributed by atoms with van der Waals surface area (Å²) in [6.45, 7) is 3.45. The quantitative estimate of drug-likeness (QED) is 0.343. The largest absolute Gasteiger partial charge is 0.495 e. The third-order valence-corrected chi connectivity index (χ3v) is 5.09. The van der Waals surface area contributed by atoms with Crippen molar-refractivity contribution in [3.63, 3.8) is 0 Å². The number of hydrogen-bond acceptors (Lipinski definition) is 6. The fourth-order valence-electron chi connectivity index (χ4n) is 2.76. The Morgan fingerprint density at radius 1 is 1.29 bits per heavy atom. The van der Waals surface area contributed by atoms with Gasteiger partial charge in [0.1, 0.15) is 11.3 Å². The lowest BCUT2D eigenvalue weighted by Crippen LogP contribution is -2.20. The molecule has 146 valence electrons. The minimum Gasteiger partial charge on any atom is -0.495 e. The molecule has 0 aliphatic heterocycles. The molecule has 1 aromatic heterocycles. The first-order valence-electron chi connectivity index (χ1n) is 8.62. The van der Waals surface area contributed by atoms with Gasteiger partial charge in [0, 0.05) is 30.8 Å². The highest BCUT2D eigenvalue weighted by molar-refractivity contribution is 7.16. The van der Waals surface area contributed by atoms with Crippen molar-refractivity contribution in [1.29, 1.82) is 0 Å². The van der Waals surface area contributed by atoms with E-state index in [9.17, 15) is 14.9 Å². The highest BCUT2D eigenvalue weighted by Gasteiger charge is 2.14. The van der Waals surface area contributed by atoms with Crippen LogP contribution in [0.4, 0.5) is 5.69 Å². The molecule has 8 nitrogen and oxygen atoms in total. The number of nitrogens with zero attached hydrogens (tertiary/aromatic N) is 3. The van der Waals surface area contributed by atoms with E-state index in [1.807, 2.05) is 29.7 Å². The van der Waals surface area contributed by atoms with Crippen LogP contribution in [0, 0.1) is 10.1 Å². The highest BCUT2D eigenvalue weighted by Crippen LogP contribution is 2.27. The molecule has 0 aliphatic rings. The molecule has 2 aromatic carbocycles. The lowest BCUT2D eigenvalue weighted by molar-refractivity contribution is -0.384. The van der Waals surface area contributed by atoms with Gasteiger partial charge in [-0.25, -0.2) is 0 Å². The number of fused-ring (bicyclic) bond motifs is 1. The third-order valence-electron chi connectivity index (χ3n) is 4.05. The van der Waals surface area contributed by atoms with Crippen molar-refractivity contribution >= 4 is 33.1 Å². The average Bonchev–Trinajstić information content (AvgIpc) is 3.05. The van der Waals surface area contributed by atoms with E-state index in [2.05, 4.69) is 4.99 Å². The Kier molecular flexibility index (Phi) is 6.17. The van der Waals surface area contributed by atoms with E-state index in [-0.39, 0.29) is 11.3 Å². The number of carbonyl (C=O) groups is 1. The van der Waals surface area contributed by atoms with E-state index in [4.69, 9.17) is 9.47 Å². The van der Waals surface area contributed by atoms with Gasteiger partial charge in [-0.05, 0) is 25.1 Å². The molecule has 1 heterocycles. The molecule has 0 aliphatic carbocycles. The first kappa shape index (κ1) is 19.7. The smallest absolute Gasteiger partial charge is 0.279 e. The summed E-state index contributed by atoms with van der Waals surface area (Å²) in [6.07, 6.45) is 0. The number of methoxy groups -OCH3 is 1. The maximum Gasteiger partial charge on any atom is 0.279 e. The second-order valence-electron chi connectivity index (χ2n) is 5.76. The number of aromatic nitrogens is 1. The first-order chi connectivity index (χ1) is 13.5. The van der Waals surface area contributed by atoms with Gasteiger partial charge in [0.25, 0.3) is 11.6 Å². The fourth-order valence-corrected chi connectivity index (χ4v) is 3.83. The van der Waals surface area contributed by atoms with Crippen molar-refractivity contribution in [2.75, 3.05) is 20.3 Å². The summed E-state index contributed by atoms with van der Waals surface area (Å²) < 4.78 is 13.7. The Bertz CT molecular complexity index is 1090. The minimum absolute atomic E-state index is 0.150. The molecule has 0 bridgehead atoms. The number of ether oxygens (including phenoxy) is 2. The van der Waals surface area contributed by atoms with Crippen LogP contribution in [0.5, 0.6) is 5.75 Å². The molecule has 0 spiro atoms. The van der Waals surface area contributed by atoms with E-state index >= 15 is 0 Å². The van der Waals surface area contributed by atoms with Crippen LogP contribution in [-0.4, -0.2) is 35.7 Å². The number of para-hydroxylation sites is 1. The number of benzene rings is 2. The van der Waals surface area contributed by atoms with Gasteiger partial charge in [0.05, 0.1) is 23.3 Å². The van der Waals surface area contributed by atoms with Crippen LogP contribution in [0.25, 0.3) is 10.2 Å². The van der Waals surface area contributed by atoms with Gasteiger partial charge in [0.2, 0.25) is 0 Å². The molecule has 0 N–H and O–H groups in total. The summed E-state index contributed by atoms with van der Waals surface area (Å²) >= 11 is 1.35. The Labute approximate surface area is 164 Å². The van der Waals surface area contributed by atoms with Gasteiger partial charge in [0.15, 0.2) is 4.80 Å². The van der Waals surface area contributed by atoms with Gasteiger partial charge in [-0.2, -0.15) is 4.99 Å². The number of hydrogen-bond donors (Lipinski definition) is 0. The monoisotopic (exact) mass is 401 g/mol. The number of nitro benzene ring substituents is 1. The van der Waals surface area contributed by atoms with E-state index in [1.165, 1.54) is 35.6 Å². The molecule has 0 saturated heterocycles. The molecule has 3 aromatic rings. The van der Waals surface area contributed by atoms with Crippen LogP contribution in [0.1, 0.15) is 17.3 Å². The molecule has 9 heteroatoms. The van der Waals surface area contributed by atoms with Gasteiger partial charge >= 0.3 is 0 Å². The zero-order chi connectivity index (χ0) is 20.1. The normalized spacial score (nSPS) is 11.7. The van der Waals surface area contributed by atoms with Gasteiger partial charge in [-0.3, -0.25) is 14.9 Å². The molecule has 0 fully saturated rings. The summed E-state index contributed by atoms with van der Waals surface area (Å²) in [5, 5.41) is 11.0. The van der Waals surface area contributed by atoms with Crippen molar-refractivity contribution < 1.29 is 19.2 Å². The molecule has 0 atom stereocenters. The standard InChI is InChI=1S/C19H19N3O5S/c1-3-27-11-10-21-17-15(26-2)8-5-9-16(17)28-19(21)20-18(23)13-6-4-7-14(12-13)22(24)25/h4-9,12H,3,10-11H2,1-2H3. The summed E-state index contributed by atoms with van der Waals surface area (Å²) in [5.74, 6) is 0.133. The number of thiazole rings is 1. The lowest BCUT2D eigenvalue weighted by Gasteiger charge is -2.08. The molecule has 28 heavy (non-hydrogen) atoms. The van der Waals surface area contributed by atoms with Crippen molar-refractivity contribution in [3.05, 3.63) is 62.9 Å². The Morgan fingerprint density at radius 3 is 2.79 bits per heavy atom. The number of nitro groups is 1. The topological polar surface area (TPSA) is 96.0 Å². The Morgan fingerprint density at radius 2 is 2.07 bits per heavy atom. The SMILES string of the molecule is CCOCCn1c(=NC(=O)c2cccc([N+](=O)[O-])c2)sc2cccc(OC)c21. The van der Waals surface area contributed by atoms with Crippen molar-refractivity contribution in [2.45, 2.75) is 13.5 Å². The predicted octanol–water partition coefficient (Wildman–Crippen LogP) is 3.40. The Balaban J connectivity index is 2.10. The van der Waals surface area contributed by atoms with Crippen LogP contribution >= 0.6 is 11.3 Å². The van der Waals surface area contributed by atoms with Crippen LogP contribution in [0.2, 0.25) is 0 Å². The number of rotatable bonds is 7. The Hall–Kier alpha value is -3.04. The molecule has 1 amide bonds. The average molecular weight is 401 g/mol. The van der Waals surface area contributed by atoms with Crippen LogP contribution < -0.4 is 9.54 Å². The lowest BCUT2D eigenvalue weighted by atomic mass is 10.2. The number of non-ortho nitro benzene ring substituents is 1. The molecule has 0 radical (unpaired) electrons. The van der Waals surface area contributed by atoms with Crippen molar-refractivity contribution in [1.82, 2.24) is 4.57 Å². The van der Waals surface area contributed by atoms with E-state index in [1.54, 1.807) is 7.11 Å². The number of amides is 1. The molecular formula is C19H19N3O5S. The van der Waals surface area contributed by atoms with Crippen molar-refractivity contribution in [3.8, 4) is 5.75 Å². The van der Waals surface area contributed by atoms with Crippen molar-refractivity contribution in [2.24, 2.45) is 4.99 Å². The molecule has 0 unspecified atom stereocenters. The zero-order valence-electron chi connectivity index (χ0n) is 15.5. The van der Waals surface area contributed by atoms with E-state index in [0.29, 0.717) is 30.3 Å². The van der Waals surface area contributed by atoms with Gasteiger partial charge in [-0.1, -0.05) is 23.5 Å². The number of carbonyl (C=O) groups excluding carboxylic acids is 1. The molecular weight excluding hydrogens is 382 g/mol. The fraction of sp³-hybridized carbons (Fsp3) is 0.263. The predicted molar refractivity (Wildman–Crippen MR) is 106 cm³/mol. The molecule has 3 rings (SSSR count). The van der Waals surface area contributed by atoms with E-state index in [0.717, 1.165) is 10.2 Å².